The maximum absolute atomic E-state index is 12.1. The molecule has 0 unspecified atom stereocenters. The molecule has 0 fully saturated rings. The maximum Gasteiger partial charge on any atom is 0.355 e. The second-order valence-electron chi connectivity index (χ2n) is 4.80. The van der Waals surface area contributed by atoms with Crippen molar-refractivity contribution in [1.29, 1.82) is 0 Å². The number of nitrogens with one attached hydrogen (secondary N) is 3. The normalized spacial score (nSPS) is 11.5. The molecule has 8 heteroatoms. The molecule has 8 nitrogen and oxygen atoms in total. The lowest BCUT2D eigenvalue weighted by Crippen LogP contribution is -2.43. The topological polar surface area (TPSA) is 117 Å². The Labute approximate surface area is 127 Å². The Kier molecular flexibility index (Phi) is 5.44. The van der Waals surface area contributed by atoms with Gasteiger partial charge in [-0.1, -0.05) is 0 Å². The van der Waals surface area contributed by atoms with Crippen molar-refractivity contribution < 1.29 is 23.9 Å². The van der Waals surface area contributed by atoms with Crippen molar-refractivity contribution in [2.75, 3.05) is 7.05 Å². The van der Waals surface area contributed by atoms with Crippen LogP contribution < -0.4 is 10.6 Å². The van der Waals surface area contributed by atoms with Gasteiger partial charge in [0.25, 0.3) is 5.91 Å². The fourth-order valence-electron chi connectivity index (χ4n) is 2.03. The van der Waals surface area contributed by atoms with Gasteiger partial charge < -0.3 is 15.0 Å². The highest BCUT2D eigenvalue weighted by Crippen LogP contribution is 2.19. The van der Waals surface area contributed by atoms with Crippen LogP contribution in [0, 0.1) is 13.8 Å². The molecule has 0 spiro atoms. The zero-order valence-electron chi connectivity index (χ0n) is 13.1. The fourth-order valence-corrected chi connectivity index (χ4v) is 2.03. The van der Waals surface area contributed by atoms with E-state index >= 15 is 0 Å². The number of Topliss-reactive ketones (excluding diaryl/α,β-unsaturated/α-hetero) is 1. The molecule has 0 aliphatic rings. The lowest BCUT2D eigenvalue weighted by Gasteiger charge is -2.12. The highest BCUT2D eigenvalue weighted by atomic mass is 16.5. The first kappa shape index (κ1) is 17.4. The van der Waals surface area contributed by atoms with E-state index in [9.17, 15) is 19.2 Å². The van der Waals surface area contributed by atoms with Crippen molar-refractivity contribution >= 4 is 23.7 Å². The molecular weight excluding hydrogens is 290 g/mol. The van der Waals surface area contributed by atoms with Crippen molar-refractivity contribution in [3.05, 3.63) is 22.5 Å². The van der Waals surface area contributed by atoms with E-state index in [1.54, 1.807) is 13.8 Å². The Hall–Kier alpha value is -2.64. The average Bonchev–Trinajstić information content (AvgIpc) is 2.73. The van der Waals surface area contributed by atoms with Crippen molar-refractivity contribution in [3.8, 4) is 0 Å². The van der Waals surface area contributed by atoms with Crippen molar-refractivity contribution in [1.82, 2.24) is 15.6 Å². The number of H-pyrrole nitrogens is 1. The van der Waals surface area contributed by atoms with E-state index in [0.29, 0.717) is 16.8 Å². The molecule has 3 N–H and O–H groups in total. The summed E-state index contributed by atoms with van der Waals surface area (Å²) in [6, 6.07) is -0.696. The number of esters is 1. The van der Waals surface area contributed by atoms with Gasteiger partial charge in [-0.3, -0.25) is 14.9 Å². The van der Waals surface area contributed by atoms with E-state index in [1.165, 1.54) is 20.9 Å². The van der Waals surface area contributed by atoms with Gasteiger partial charge in [0.2, 0.25) is 0 Å². The minimum atomic E-state index is -1.16. The van der Waals surface area contributed by atoms with Crippen LogP contribution >= 0.6 is 0 Å². The number of aromatic amines is 1. The number of urea groups is 1. The third kappa shape index (κ3) is 3.72. The molecule has 0 bridgehead atoms. The average molecular weight is 309 g/mol. The molecule has 3 amide bonds. The Morgan fingerprint density at radius 2 is 1.77 bits per heavy atom. The first-order chi connectivity index (χ1) is 10.2. The standard InChI is InChI=1S/C14H19N3O5/c1-6-10(8(3)18)7(2)16-11(6)13(20)22-9(4)12(19)17-14(21)15-5/h9,16H,1-5H3,(H2,15,17,19,21)/t9-/m1/s1. The molecule has 1 atom stereocenters. The number of carbonyl (C=O) groups excluding carboxylic acids is 4. The summed E-state index contributed by atoms with van der Waals surface area (Å²) >= 11 is 0. The number of ketones is 1. The molecule has 1 rings (SSSR count). The number of hydrogen-bond donors (Lipinski definition) is 3. The summed E-state index contributed by atoms with van der Waals surface area (Å²) in [6.07, 6.45) is -1.16. The van der Waals surface area contributed by atoms with Crippen LogP contribution in [0.5, 0.6) is 0 Å². The van der Waals surface area contributed by atoms with Crippen molar-refractivity contribution in [3.63, 3.8) is 0 Å². The summed E-state index contributed by atoms with van der Waals surface area (Å²) < 4.78 is 5.00. The van der Waals surface area contributed by atoms with Crippen molar-refractivity contribution in [2.45, 2.75) is 33.8 Å². The minimum Gasteiger partial charge on any atom is -0.448 e. The molecule has 0 saturated heterocycles. The van der Waals surface area contributed by atoms with Crippen molar-refractivity contribution in [2.24, 2.45) is 0 Å². The SMILES string of the molecule is CNC(=O)NC(=O)[C@@H](C)OC(=O)c1[nH]c(C)c(C(C)=O)c1C. The maximum atomic E-state index is 12.1. The van der Waals surface area contributed by atoms with Crippen LogP contribution in [-0.4, -0.2) is 41.8 Å². The van der Waals surface area contributed by atoms with E-state index in [0.717, 1.165) is 0 Å². The number of imide groups is 1. The second-order valence-corrected chi connectivity index (χ2v) is 4.80. The quantitative estimate of drug-likeness (QED) is 0.562. The van der Waals surface area contributed by atoms with Crippen LogP contribution in [0.15, 0.2) is 0 Å². The molecule has 1 aromatic heterocycles. The van der Waals surface area contributed by atoms with E-state index in [2.05, 4.69) is 10.3 Å². The Bertz CT molecular complexity index is 633. The van der Waals surface area contributed by atoms with Gasteiger partial charge in [0.15, 0.2) is 11.9 Å². The summed E-state index contributed by atoms with van der Waals surface area (Å²) in [7, 11) is 1.35. The smallest absolute Gasteiger partial charge is 0.355 e. The Balaban J connectivity index is 2.86. The molecule has 0 aliphatic heterocycles. The minimum absolute atomic E-state index is 0.113. The highest BCUT2D eigenvalue weighted by Gasteiger charge is 2.25. The first-order valence-electron chi connectivity index (χ1n) is 6.62. The van der Waals surface area contributed by atoms with Gasteiger partial charge in [0.1, 0.15) is 5.69 Å². The van der Waals surface area contributed by atoms with Crippen LogP contribution in [0.3, 0.4) is 0 Å². The number of aryl methyl sites for hydroxylation is 1. The number of aromatic nitrogens is 1. The molecule has 0 aromatic carbocycles. The van der Waals surface area contributed by atoms with E-state index in [4.69, 9.17) is 4.74 Å². The van der Waals surface area contributed by atoms with Gasteiger partial charge >= 0.3 is 12.0 Å². The van der Waals surface area contributed by atoms with Crippen LogP contribution in [-0.2, 0) is 9.53 Å². The molecular formula is C14H19N3O5. The molecule has 22 heavy (non-hydrogen) atoms. The van der Waals surface area contributed by atoms with Crippen LogP contribution in [0.2, 0.25) is 0 Å². The molecule has 120 valence electrons. The molecule has 1 aromatic rings. The third-order valence-electron chi connectivity index (χ3n) is 3.11. The predicted octanol–water partition coefficient (Wildman–Crippen LogP) is 0.835. The number of amides is 3. The van der Waals surface area contributed by atoms with E-state index in [-0.39, 0.29) is 11.5 Å². The van der Waals surface area contributed by atoms with Gasteiger partial charge in [0, 0.05) is 18.3 Å². The summed E-state index contributed by atoms with van der Waals surface area (Å²) in [5.41, 5.74) is 1.56. The molecule has 0 radical (unpaired) electrons. The van der Waals surface area contributed by atoms with Gasteiger partial charge in [-0.2, -0.15) is 0 Å². The highest BCUT2D eigenvalue weighted by molar-refractivity contribution is 6.02. The first-order valence-corrected chi connectivity index (χ1v) is 6.62. The molecule has 0 saturated carbocycles. The number of carbonyl (C=O) groups is 4. The van der Waals surface area contributed by atoms with E-state index in [1.807, 2.05) is 5.32 Å². The summed E-state index contributed by atoms with van der Waals surface area (Å²) in [5, 5.41) is 4.22. The van der Waals surface area contributed by atoms with Gasteiger partial charge in [0.05, 0.1) is 0 Å². The second kappa shape index (κ2) is 6.88. The third-order valence-corrected chi connectivity index (χ3v) is 3.11. The lowest BCUT2D eigenvalue weighted by molar-refractivity contribution is -0.127. The summed E-state index contributed by atoms with van der Waals surface area (Å²) in [5.74, 6) is -1.69. The number of ether oxygens (including phenoxy) is 1. The van der Waals surface area contributed by atoms with Gasteiger partial charge in [-0.15, -0.1) is 0 Å². The Morgan fingerprint density at radius 1 is 1.18 bits per heavy atom. The molecule has 1 heterocycles. The van der Waals surface area contributed by atoms with Gasteiger partial charge in [-0.25, -0.2) is 9.59 Å². The van der Waals surface area contributed by atoms with E-state index < -0.39 is 24.0 Å². The summed E-state index contributed by atoms with van der Waals surface area (Å²) in [4.78, 5) is 49.1. The van der Waals surface area contributed by atoms with Crippen LogP contribution in [0.4, 0.5) is 4.79 Å². The zero-order chi connectivity index (χ0) is 17.0. The fraction of sp³-hybridized carbons (Fsp3) is 0.429. The zero-order valence-corrected chi connectivity index (χ0v) is 13.1. The molecule has 0 aliphatic carbocycles. The number of hydrogen-bond acceptors (Lipinski definition) is 5. The van der Waals surface area contributed by atoms with Crippen LogP contribution in [0.25, 0.3) is 0 Å². The van der Waals surface area contributed by atoms with Crippen LogP contribution in [0.1, 0.15) is 46.0 Å². The summed E-state index contributed by atoms with van der Waals surface area (Å²) in [6.45, 7) is 6.03. The lowest BCUT2D eigenvalue weighted by atomic mass is 10.1. The number of rotatable bonds is 4. The monoisotopic (exact) mass is 309 g/mol. The Morgan fingerprint density at radius 3 is 2.23 bits per heavy atom. The largest absolute Gasteiger partial charge is 0.448 e. The predicted molar refractivity (Wildman–Crippen MR) is 77.7 cm³/mol. The van der Waals surface area contributed by atoms with Gasteiger partial charge in [-0.05, 0) is 33.3 Å².